The highest BCUT2D eigenvalue weighted by molar-refractivity contribution is 5.96. The predicted molar refractivity (Wildman–Crippen MR) is 104 cm³/mol. The molecule has 1 saturated heterocycles. The molecule has 0 spiro atoms. The number of nitrogens with one attached hydrogen (secondary N) is 2. The van der Waals surface area contributed by atoms with Crippen LogP contribution in [0.1, 0.15) is 55.8 Å². The van der Waals surface area contributed by atoms with E-state index in [0.29, 0.717) is 23.7 Å². The Morgan fingerprint density at radius 1 is 1.04 bits per heavy atom. The topological polar surface area (TPSA) is 78.5 Å². The molecule has 1 aromatic carbocycles. The molecule has 2 atom stereocenters. The predicted octanol–water partition coefficient (Wildman–Crippen LogP) is 2.80. The van der Waals surface area contributed by atoms with Gasteiger partial charge in [0.1, 0.15) is 0 Å². The van der Waals surface area contributed by atoms with Crippen molar-refractivity contribution in [3.05, 3.63) is 29.8 Å². The van der Waals surface area contributed by atoms with E-state index in [9.17, 15) is 14.4 Å². The van der Waals surface area contributed by atoms with Crippen molar-refractivity contribution in [2.24, 2.45) is 11.8 Å². The van der Waals surface area contributed by atoms with Gasteiger partial charge in [-0.15, -0.1) is 0 Å². The minimum Gasteiger partial charge on any atom is -0.355 e. The van der Waals surface area contributed by atoms with Crippen LogP contribution < -0.4 is 10.6 Å². The molecule has 2 N–H and O–H groups in total. The van der Waals surface area contributed by atoms with Crippen molar-refractivity contribution in [2.75, 3.05) is 25.0 Å². The summed E-state index contributed by atoms with van der Waals surface area (Å²) in [6.45, 7) is 4.04. The Bertz CT molecular complexity index is 678. The summed E-state index contributed by atoms with van der Waals surface area (Å²) in [5, 5.41) is 5.62. The van der Waals surface area contributed by atoms with Gasteiger partial charge in [0.15, 0.2) is 0 Å². The summed E-state index contributed by atoms with van der Waals surface area (Å²) in [7, 11) is 0. The Labute approximate surface area is 160 Å². The number of hydrogen-bond donors (Lipinski definition) is 2. The van der Waals surface area contributed by atoms with Gasteiger partial charge in [-0.2, -0.15) is 0 Å². The van der Waals surface area contributed by atoms with Gasteiger partial charge in [0.2, 0.25) is 11.8 Å². The Balaban J connectivity index is 1.43. The van der Waals surface area contributed by atoms with Gasteiger partial charge in [-0.3, -0.25) is 14.4 Å². The number of amides is 3. The summed E-state index contributed by atoms with van der Waals surface area (Å²) >= 11 is 0. The lowest BCUT2D eigenvalue weighted by Crippen LogP contribution is -2.31. The Hall–Kier alpha value is -2.37. The van der Waals surface area contributed by atoms with Crippen LogP contribution >= 0.6 is 0 Å². The summed E-state index contributed by atoms with van der Waals surface area (Å²) in [5.74, 6) is 0.556. The molecule has 27 heavy (non-hydrogen) atoms. The van der Waals surface area contributed by atoms with E-state index in [1.54, 1.807) is 24.3 Å². The van der Waals surface area contributed by atoms with E-state index in [4.69, 9.17) is 0 Å². The molecule has 1 heterocycles. The van der Waals surface area contributed by atoms with Crippen LogP contribution in [-0.4, -0.2) is 42.3 Å². The van der Waals surface area contributed by atoms with E-state index in [1.807, 2.05) is 4.90 Å². The van der Waals surface area contributed by atoms with Gasteiger partial charge in [0, 0.05) is 43.2 Å². The molecule has 6 heteroatoms. The summed E-state index contributed by atoms with van der Waals surface area (Å²) in [4.78, 5) is 38.2. The van der Waals surface area contributed by atoms with Gasteiger partial charge in [-0.05, 0) is 49.4 Å². The van der Waals surface area contributed by atoms with E-state index in [2.05, 4.69) is 17.6 Å². The molecule has 3 rings (SSSR count). The van der Waals surface area contributed by atoms with Crippen molar-refractivity contribution >= 4 is 23.4 Å². The second-order valence-corrected chi connectivity index (χ2v) is 7.69. The number of hydrogen-bond acceptors (Lipinski definition) is 3. The normalized spacial score (nSPS) is 21.9. The maximum absolute atomic E-state index is 12.6. The van der Waals surface area contributed by atoms with E-state index >= 15 is 0 Å². The van der Waals surface area contributed by atoms with Crippen molar-refractivity contribution in [3.63, 3.8) is 0 Å². The standard InChI is InChI=1S/C21H29N3O3/c1-15-14-18(15)20(26)22-11-10-19(25)23-17-8-6-16(7-9-17)21(27)24-12-4-2-3-5-13-24/h6-9,15,18H,2-5,10-14H2,1H3,(H,22,26)(H,23,25)/t15-,18+/m1/s1. The van der Waals surface area contributed by atoms with Gasteiger partial charge in [-0.1, -0.05) is 19.8 Å². The summed E-state index contributed by atoms with van der Waals surface area (Å²) in [5.41, 5.74) is 1.32. The van der Waals surface area contributed by atoms with E-state index in [-0.39, 0.29) is 30.1 Å². The molecule has 0 aromatic heterocycles. The highest BCUT2D eigenvalue weighted by Gasteiger charge is 2.38. The number of anilines is 1. The maximum atomic E-state index is 12.6. The largest absolute Gasteiger partial charge is 0.355 e. The first-order valence-corrected chi connectivity index (χ1v) is 10.0. The summed E-state index contributed by atoms with van der Waals surface area (Å²) in [6, 6.07) is 7.04. The summed E-state index contributed by atoms with van der Waals surface area (Å²) < 4.78 is 0. The average Bonchev–Trinajstić information content (AvgIpc) is 3.44. The Morgan fingerprint density at radius 3 is 2.26 bits per heavy atom. The molecule has 1 aromatic rings. The fourth-order valence-corrected chi connectivity index (χ4v) is 3.49. The second-order valence-electron chi connectivity index (χ2n) is 7.69. The number of carbonyl (C=O) groups excluding carboxylic acids is 3. The van der Waals surface area contributed by atoms with Crippen LogP contribution in [-0.2, 0) is 9.59 Å². The van der Waals surface area contributed by atoms with Crippen molar-refractivity contribution < 1.29 is 14.4 Å². The van der Waals surface area contributed by atoms with Crippen LogP contribution in [0.5, 0.6) is 0 Å². The van der Waals surface area contributed by atoms with Crippen LogP contribution in [0.2, 0.25) is 0 Å². The third-order valence-corrected chi connectivity index (χ3v) is 5.41. The zero-order chi connectivity index (χ0) is 19.2. The molecule has 2 fully saturated rings. The van der Waals surface area contributed by atoms with Gasteiger partial charge in [-0.25, -0.2) is 0 Å². The van der Waals surface area contributed by atoms with Crippen molar-refractivity contribution in [2.45, 2.75) is 45.4 Å². The van der Waals surface area contributed by atoms with Crippen molar-refractivity contribution in [1.82, 2.24) is 10.2 Å². The molecular weight excluding hydrogens is 342 g/mol. The van der Waals surface area contributed by atoms with E-state index in [0.717, 1.165) is 32.4 Å². The molecule has 1 aliphatic heterocycles. The van der Waals surface area contributed by atoms with Crippen molar-refractivity contribution in [1.29, 1.82) is 0 Å². The molecule has 6 nitrogen and oxygen atoms in total. The smallest absolute Gasteiger partial charge is 0.253 e. The second kappa shape index (κ2) is 9.02. The summed E-state index contributed by atoms with van der Waals surface area (Å²) in [6.07, 6.45) is 5.69. The van der Waals surface area contributed by atoms with Crippen LogP contribution in [0, 0.1) is 11.8 Å². The molecule has 3 amide bonds. The Kier molecular flexibility index (Phi) is 6.48. The quantitative estimate of drug-likeness (QED) is 0.807. The molecule has 0 unspecified atom stereocenters. The van der Waals surface area contributed by atoms with Gasteiger partial charge >= 0.3 is 0 Å². The van der Waals surface area contributed by atoms with Crippen LogP contribution in [0.15, 0.2) is 24.3 Å². The van der Waals surface area contributed by atoms with Gasteiger partial charge < -0.3 is 15.5 Å². The molecule has 2 aliphatic rings. The molecule has 1 aliphatic carbocycles. The zero-order valence-corrected chi connectivity index (χ0v) is 16.0. The number of rotatable bonds is 6. The van der Waals surface area contributed by atoms with Crippen LogP contribution in [0.4, 0.5) is 5.69 Å². The Morgan fingerprint density at radius 2 is 1.67 bits per heavy atom. The minimum atomic E-state index is -0.147. The lowest BCUT2D eigenvalue weighted by molar-refractivity contribution is -0.122. The first-order valence-electron chi connectivity index (χ1n) is 10.0. The van der Waals surface area contributed by atoms with Crippen molar-refractivity contribution in [3.8, 4) is 0 Å². The number of carbonyl (C=O) groups is 3. The molecule has 0 radical (unpaired) electrons. The molecular formula is C21H29N3O3. The third-order valence-electron chi connectivity index (χ3n) is 5.41. The third kappa shape index (κ3) is 5.55. The minimum absolute atomic E-state index is 0.0479. The zero-order valence-electron chi connectivity index (χ0n) is 16.0. The van der Waals surface area contributed by atoms with Gasteiger partial charge in [0.25, 0.3) is 5.91 Å². The lowest BCUT2D eigenvalue weighted by atomic mass is 10.1. The highest BCUT2D eigenvalue weighted by Crippen LogP contribution is 2.37. The number of nitrogens with zero attached hydrogens (tertiary/aromatic N) is 1. The molecule has 146 valence electrons. The van der Waals surface area contributed by atoms with Crippen LogP contribution in [0.25, 0.3) is 0 Å². The van der Waals surface area contributed by atoms with Gasteiger partial charge in [0.05, 0.1) is 0 Å². The number of benzene rings is 1. The van der Waals surface area contributed by atoms with E-state index in [1.165, 1.54) is 12.8 Å². The highest BCUT2D eigenvalue weighted by atomic mass is 16.2. The molecule has 0 bridgehead atoms. The number of likely N-dealkylation sites (tertiary alicyclic amines) is 1. The van der Waals surface area contributed by atoms with Crippen LogP contribution in [0.3, 0.4) is 0 Å². The maximum Gasteiger partial charge on any atom is 0.253 e. The lowest BCUT2D eigenvalue weighted by Gasteiger charge is -2.20. The molecule has 1 saturated carbocycles. The SMILES string of the molecule is C[C@@H]1C[C@@H]1C(=O)NCCC(=O)Nc1ccc(C(=O)N2CCCCCC2)cc1. The average molecular weight is 371 g/mol. The fourth-order valence-electron chi connectivity index (χ4n) is 3.49. The first-order chi connectivity index (χ1) is 13.0. The fraction of sp³-hybridized carbons (Fsp3) is 0.571. The van der Waals surface area contributed by atoms with E-state index < -0.39 is 0 Å². The monoisotopic (exact) mass is 371 g/mol. The first kappa shape index (κ1) is 19.4.